The topological polar surface area (TPSA) is 82.6 Å². The van der Waals surface area contributed by atoms with Crippen molar-refractivity contribution in [1.29, 1.82) is 0 Å². The van der Waals surface area contributed by atoms with Crippen molar-refractivity contribution in [3.05, 3.63) is 24.0 Å². The Balaban J connectivity index is 1.61. The predicted octanol–water partition coefficient (Wildman–Crippen LogP) is 2.12. The fourth-order valence-electron chi connectivity index (χ4n) is 3.46. The summed E-state index contributed by atoms with van der Waals surface area (Å²) in [5.74, 6) is -0.438. The summed E-state index contributed by atoms with van der Waals surface area (Å²) in [6, 6.07) is 4.59. The average molecular weight is 440 g/mol. The molecule has 0 aliphatic carbocycles. The first kappa shape index (κ1) is 22.2. The van der Waals surface area contributed by atoms with Gasteiger partial charge in [0.05, 0.1) is 17.9 Å². The number of rotatable bonds is 6. The molecule has 0 radical (unpaired) electrons. The molecule has 2 saturated heterocycles. The quantitative estimate of drug-likeness (QED) is 0.539. The van der Waals surface area contributed by atoms with Crippen molar-refractivity contribution in [2.24, 2.45) is 0 Å². The summed E-state index contributed by atoms with van der Waals surface area (Å²) in [7, 11) is 0. The number of hydrogen-bond donors (Lipinski definition) is 1. The Hall–Kier alpha value is -2.53. The fraction of sp³-hybridized carbons (Fsp3) is 0.526. The Morgan fingerprint density at radius 3 is 2.57 bits per heavy atom. The van der Waals surface area contributed by atoms with Crippen LogP contribution in [0.4, 0.5) is 25.4 Å². The summed E-state index contributed by atoms with van der Waals surface area (Å²) < 4.78 is 20.0. The molecule has 11 heteroatoms. The van der Waals surface area contributed by atoms with Crippen molar-refractivity contribution >= 4 is 41.2 Å². The molecule has 0 bridgehead atoms. The molecule has 2 heterocycles. The van der Waals surface area contributed by atoms with Crippen molar-refractivity contribution in [3.63, 3.8) is 0 Å². The first-order valence-corrected chi connectivity index (χ1v) is 10.2. The molecule has 1 atom stereocenters. The van der Waals surface area contributed by atoms with E-state index >= 15 is 0 Å². The van der Waals surface area contributed by atoms with E-state index in [2.05, 4.69) is 12.6 Å². The third kappa shape index (κ3) is 4.96. The van der Waals surface area contributed by atoms with Gasteiger partial charge in [-0.3, -0.25) is 19.3 Å². The number of benzene rings is 1. The Bertz CT molecular complexity index is 818. The van der Waals surface area contributed by atoms with Crippen LogP contribution >= 0.6 is 12.6 Å². The van der Waals surface area contributed by atoms with Gasteiger partial charge in [-0.1, -0.05) is 12.6 Å². The van der Waals surface area contributed by atoms with Crippen molar-refractivity contribution in [1.82, 2.24) is 9.96 Å². The summed E-state index contributed by atoms with van der Waals surface area (Å²) >= 11 is 3.70. The van der Waals surface area contributed by atoms with E-state index in [0.29, 0.717) is 44.1 Å². The number of carbonyl (C=O) groups is 3. The van der Waals surface area contributed by atoms with Gasteiger partial charge < -0.3 is 14.5 Å². The molecule has 0 aromatic heterocycles. The average Bonchev–Trinajstić information content (AvgIpc) is 3.08. The number of hydroxylamine groups is 2. The van der Waals surface area contributed by atoms with E-state index in [1.165, 1.54) is 17.9 Å². The maximum atomic E-state index is 14.8. The third-order valence-corrected chi connectivity index (χ3v) is 5.32. The molecule has 9 nitrogen and oxygen atoms in total. The number of nitrogens with zero attached hydrogens (tertiary/aromatic N) is 4. The maximum absolute atomic E-state index is 14.8. The van der Waals surface area contributed by atoms with Crippen LogP contribution in [0.15, 0.2) is 18.2 Å². The van der Waals surface area contributed by atoms with Gasteiger partial charge in [0.15, 0.2) is 0 Å². The van der Waals surface area contributed by atoms with Gasteiger partial charge in [-0.25, -0.2) is 14.2 Å². The Kier molecular flexibility index (Phi) is 7.03. The molecule has 30 heavy (non-hydrogen) atoms. The molecule has 2 aliphatic heterocycles. The zero-order valence-corrected chi connectivity index (χ0v) is 17.8. The molecular weight excluding hydrogens is 415 g/mol. The van der Waals surface area contributed by atoms with Crippen molar-refractivity contribution in [3.8, 4) is 0 Å². The highest BCUT2D eigenvalue weighted by atomic mass is 32.1. The second kappa shape index (κ2) is 9.52. The van der Waals surface area contributed by atoms with Crippen LogP contribution in [-0.4, -0.2) is 79.2 Å². The summed E-state index contributed by atoms with van der Waals surface area (Å²) in [6.07, 6.45) is -1.20. The van der Waals surface area contributed by atoms with Gasteiger partial charge in [-0.15, -0.1) is 0 Å². The number of piperazine rings is 1. The van der Waals surface area contributed by atoms with Crippen LogP contribution in [0.25, 0.3) is 0 Å². The van der Waals surface area contributed by atoms with E-state index < -0.39 is 23.3 Å². The number of halogens is 1. The number of carbonyl (C=O) groups excluding carboxylic acids is 3. The Labute approximate surface area is 179 Å². The first-order valence-electron chi connectivity index (χ1n) is 9.71. The fourth-order valence-corrected chi connectivity index (χ4v) is 3.66. The zero-order chi connectivity index (χ0) is 21.8. The van der Waals surface area contributed by atoms with E-state index in [1.54, 1.807) is 24.0 Å². The second-order valence-corrected chi connectivity index (χ2v) is 7.40. The van der Waals surface area contributed by atoms with Crippen LogP contribution in [0.2, 0.25) is 0 Å². The molecule has 3 rings (SSSR count). The van der Waals surface area contributed by atoms with Crippen LogP contribution in [0, 0.1) is 5.82 Å². The van der Waals surface area contributed by atoms with Gasteiger partial charge in [-0.05, 0) is 25.1 Å². The van der Waals surface area contributed by atoms with E-state index in [-0.39, 0.29) is 19.1 Å². The normalized spacial score (nSPS) is 19.1. The van der Waals surface area contributed by atoms with Crippen LogP contribution in [0.1, 0.15) is 13.8 Å². The molecule has 3 amide bonds. The highest BCUT2D eigenvalue weighted by Gasteiger charge is 2.34. The molecule has 0 spiro atoms. The van der Waals surface area contributed by atoms with Gasteiger partial charge in [-0.2, -0.15) is 0 Å². The molecule has 0 saturated carbocycles. The minimum atomic E-state index is -0.605. The van der Waals surface area contributed by atoms with Crippen LogP contribution in [-0.2, 0) is 14.4 Å². The number of hydrogen-bond acceptors (Lipinski definition) is 6. The largest absolute Gasteiger partial charge is 0.441 e. The van der Waals surface area contributed by atoms with Crippen molar-refractivity contribution in [2.75, 3.05) is 55.7 Å². The van der Waals surface area contributed by atoms with Crippen molar-refractivity contribution in [2.45, 2.75) is 20.0 Å². The number of anilines is 2. The van der Waals surface area contributed by atoms with Crippen LogP contribution in [0.5, 0.6) is 0 Å². The summed E-state index contributed by atoms with van der Waals surface area (Å²) in [6.45, 7) is 5.88. The molecule has 164 valence electrons. The highest BCUT2D eigenvalue weighted by molar-refractivity contribution is 7.96. The maximum Gasteiger partial charge on any atom is 0.414 e. The molecule has 2 fully saturated rings. The molecule has 1 aromatic rings. The lowest BCUT2D eigenvalue weighted by molar-refractivity contribution is -0.129. The Morgan fingerprint density at radius 1 is 1.30 bits per heavy atom. The minimum Gasteiger partial charge on any atom is -0.441 e. The first-order chi connectivity index (χ1) is 14.3. The number of amides is 3. The van der Waals surface area contributed by atoms with Gasteiger partial charge in [0.1, 0.15) is 18.5 Å². The van der Waals surface area contributed by atoms with E-state index in [0.717, 1.165) is 5.06 Å². The van der Waals surface area contributed by atoms with E-state index in [9.17, 15) is 18.8 Å². The van der Waals surface area contributed by atoms with Crippen LogP contribution < -0.4 is 9.80 Å². The monoisotopic (exact) mass is 440 g/mol. The molecule has 0 unspecified atom stereocenters. The number of thiol groups is 1. The predicted molar refractivity (Wildman–Crippen MR) is 111 cm³/mol. The zero-order valence-electron chi connectivity index (χ0n) is 16.9. The Morgan fingerprint density at radius 2 is 2.00 bits per heavy atom. The summed E-state index contributed by atoms with van der Waals surface area (Å²) in [4.78, 5) is 45.2. The smallest absolute Gasteiger partial charge is 0.414 e. The molecule has 2 aliphatic rings. The summed E-state index contributed by atoms with van der Waals surface area (Å²) in [5, 5.41) is 0.514. The van der Waals surface area contributed by atoms with Gasteiger partial charge >= 0.3 is 11.3 Å². The standard InChI is InChI=1S/C19H25FN4O5S/c1-3-24(19(27)30)28-12-15-11-23(18(26)29-15)14-4-5-17(16(20)10-14)22-8-6-21(7-9-22)13(2)25/h4-5,10,15H,3,6-9,11-12H2,1-2H3,(H,27,30)/t15-/m0/s1. The van der Waals surface area contributed by atoms with Gasteiger partial charge in [0.2, 0.25) is 5.91 Å². The number of ether oxygens (including phenoxy) is 1. The molecule has 0 N–H and O–H groups in total. The minimum absolute atomic E-state index is 0.0105. The SMILES string of the molecule is CCN(OC[C@@H]1CN(c2ccc(N3CCN(C(C)=O)CC3)c(F)c2)C(=O)O1)C(=O)S. The van der Waals surface area contributed by atoms with Crippen LogP contribution in [0.3, 0.4) is 0 Å². The van der Waals surface area contributed by atoms with E-state index in [4.69, 9.17) is 9.57 Å². The molecule has 1 aromatic carbocycles. The van der Waals surface area contributed by atoms with Gasteiger partial charge in [0.25, 0.3) is 0 Å². The number of cyclic esters (lactones) is 1. The van der Waals surface area contributed by atoms with Crippen molar-refractivity contribution < 1.29 is 28.3 Å². The third-order valence-electron chi connectivity index (χ3n) is 5.10. The lowest BCUT2D eigenvalue weighted by Crippen LogP contribution is -2.48. The summed E-state index contributed by atoms with van der Waals surface area (Å²) in [5.41, 5.74) is 0.809. The highest BCUT2D eigenvalue weighted by Crippen LogP contribution is 2.28. The second-order valence-electron chi connectivity index (χ2n) is 7.02. The lowest BCUT2D eigenvalue weighted by Gasteiger charge is -2.35. The lowest BCUT2D eigenvalue weighted by atomic mass is 10.2. The van der Waals surface area contributed by atoms with E-state index in [1.807, 2.05) is 4.90 Å². The molecular formula is C19H25FN4O5S. The van der Waals surface area contributed by atoms with Gasteiger partial charge in [0, 0.05) is 39.6 Å².